The summed E-state index contributed by atoms with van der Waals surface area (Å²) in [6, 6.07) is 8.55. The van der Waals surface area contributed by atoms with Crippen LogP contribution in [0, 0.1) is 0 Å². The highest BCUT2D eigenvalue weighted by atomic mass is 79.9. The lowest BCUT2D eigenvalue weighted by atomic mass is 10.0. The van der Waals surface area contributed by atoms with E-state index in [1.54, 1.807) is 0 Å². The minimum absolute atomic E-state index is 0.265. The fourth-order valence-electron chi connectivity index (χ4n) is 1.56. The van der Waals surface area contributed by atoms with Crippen molar-refractivity contribution >= 4 is 15.9 Å². The maximum atomic E-state index is 5.52. The van der Waals surface area contributed by atoms with Crippen molar-refractivity contribution in [2.45, 2.75) is 25.8 Å². The van der Waals surface area contributed by atoms with Crippen LogP contribution in [0.1, 0.15) is 18.9 Å². The topological polar surface area (TPSA) is 47.3 Å². The maximum Gasteiger partial charge on any atom is 0.0481 e. The number of hydrogen-bond acceptors (Lipinski definition) is 3. The van der Waals surface area contributed by atoms with Gasteiger partial charge in [0, 0.05) is 23.7 Å². The van der Waals surface area contributed by atoms with Crippen LogP contribution in [0.2, 0.25) is 0 Å². The second-order valence-corrected chi connectivity index (χ2v) is 4.60. The molecule has 4 heteroatoms. The van der Waals surface area contributed by atoms with Crippen LogP contribution in [-0.2, 0) is 11.2 Å². The summed E-state index contributed by atoms with van der Waals surface area (Å²) >= 11 is 3.46. The summed E-state index contributed by atoms with van der Waals surface area (Å²) in [6.45, 7) is 3.51. The van der Waals surface area contributed by atoms with Gasteiger partial charge in [0.25, 0.3) is 0 Å². The lowest BCUT2D eigenvalue weighted by Crippen LogP contribution is -2.37. The van der Waals surface area contributed by atoms with Gasteiger partial charge in [0.2, 0.25) is 0 Å². The highest BCUT2D eigenvalue weighted by molar-refractivity contribution is 9.10. The van der Waals surface area contributed by atoms with E-state index in [2.05, 4.69) is 33.5 Å². The Kier molecular flexibility index (Phi) is 6.64. The zero-order chi connectivity index (χ0) is 11.8. The monoisotopic (exact) mass is 286 g/mol. The molecule has 90 valence electrons. The minimum Gasteiger partial charge on any atom is -0.382 e. The summed E-state index contributed by atoms with van der Waals surface area (Å²) in [5.74, 6) is 5.52. The Balaban J connectivity index is 2.43. The molecule has 1 rings (SSSR count). The van der Waals surface area contributed by atoms with Gasteiger partial charge in [-0.1, -0.05) is 28.1 Å². The van der Waals surface area contributed by atoms with Gasteiger partial charge in [-0.15, -0.1) is 0 Å². The van der Waals surface area contributed by atoms with E-state index in [0.717, 1.165) is 30.5 Å². The Bertz CT molecular complexity index is 307. The molecule has 0 radical (unpaired) electrons. The van der Waals surface area contributed by atoms with Gasteiger partial charge >= 0.3 is 0 Å². The van der Waals surface area contributed by atoms with E-state index in [9.17, 15) is 0 Å². The van der Waals surface area contributed by atoms with Crippen molar-refractivity contribution < 1.29 is 4.74 Å². The van der Waals surface area contributed by atoms with Crippen molar-refractivity contribution in [3.8, 4) is 0 Å². The zero-order valence-corrected chi connectivity index (χ0v) is 11.2. The molecule has 0 fully saturated rings. The molecule has 1 aromatic rings. The molecule has 1 aromatic carbocycles. The van der Waals surface area contributed by atoms with Crippen molar-refractivity contribution in [1.29, 1.82) is 0 Å². The standard InChI is InChI=1S/C12H19BrN2O/c1-2-16-7-6-12(15-14)9-10-4-3-5-11(13)8-10/h3-5,8,12,15H,2,6-7,9,14H2,1H3. The molecule has 0 aromatic heterocycles. The zero-order valence-electron chi connectivity index (χ0n) is 9.58. The molecule has 0 bridgehead atoms. The predicted octanol–water partition coefficient (Wildman–Crippen LogP) is 2.25. The lowest BCUT2D eigenvalue weighted by molar-refractivity contribution is 0.136. The summed E-state index contributed by atoms with van der Waals surface area (Å²) in [6.07, 6.45) is 1.85. The number of rotatable bonds is 7. The molecule has 0 aliphatic carbocycles. The van der Waals surface area contributed by atoms with Crippen molar-refractivity contribution in [3.05, 3.63) is 34.3 Å². The Labute approximate surface area is 105 Å². The van der Waals surface area contributed by atoms with Gasteiger partial charge in [-0.3, -0.25) is 11.3 Å². The van der Waals surface area contributed by atoms with Crippen molar-refractivity contribution in [2.24, 2.45) is 5.84 Å². The maximum absolute atomic E-state index is 5.52. The van der Waals surface area contributed by atoms with E-state index in [1.165, 1.54) is 5.56 Å². The van der Waals surface area contributed by atoms with Crippen LogP contribution < -0.4 is 11.3 Å². The molecule has 0 saturated heterocycles. The van der Waals surface area contributed by atoms with Gasteiger partial charge in [-0.25, -0.2) is 0 Å². The number of hydrogen-bond donors (Lipinski definition) is 2. The molecule has 0 aliphatic rings. The Morgan fingerprint density at radius 1 is 1.50 bits per heavy atom. The third kappa shape index (κ3) is 5.07. The number of nitrogens with two attached hydrogens (primary N) is 1. The Morgan fingerprint density at radius 3 is 2.94 bits per heavy atom. The summed E-state index contributed by atoms with van der Waals surface area (Å²) in [5, 5.41) is 0. The molecule has 0 spiro atoms. The molecule has 1 unspecified atom stereocenters. The van der Waals surface area contributed by atoms with E-state index < -0.39 is 0 Å². The first-order chi connectivity index (χ1) is 7.76. The average molecular weight is 287 g/mol. The molecular weight excluding hydrogens is 268 g/mol. The van der Waals surface area contributed by atoms with Gasteiger partial charge in [0.05, 0.1) is 0 Å². The van der Waals surface area contributed by atoms with E-state index in [1.807, 2.05) is 19.1 Å². The summed E-state index contributed by atoms with van der Waals surface area (Å²) < 4.78 is 6.42. The summed E-state index contributed by atoms with van der Waals surface area (Å²) in [5.41, 5.74) is 4.11. The van der Waals surface area contributed by atoms with Crippen LogP contribution in [0.3, 0.4) is 0 Å². The minimum atomic E-state index is 0.265. The van der Waals surface area contributed by atoms with Crippen molar-refractivity contribution in [3.63, 3.8) is 0 Å². The Morgan fingerprint density at radius 2 is 2.31 bits per heavy atom. The first kappa shape index (κ1) is 13.6. The molecule has 0 aliphatic heterocycles. The van der Waals surface area contributed by atoms with Crippen LogP contribution >= 0.6 is 15.9 Å². The van der Waals surface area contributed by atoms with Crippen LogP contribution in [0.4, 0.5) is 0 Å². The van der Waals surface area contributed by atoms with E-state index in [4.69, 9.17) is 10.6 Å². The summed E-state index contributed by atoms with van der Waals surface area (Å²) in [4.78, 5) is 0. The predicted molar refractivity (Wildman–Crippen MR) is 70.1 cm³/mol. The van der Waals surface area contributed by atoms with E-state index >= 15 is 0 Å². The number of benzene rings is 1. The van der Waals surface area contributed by atoms with Crippen LogP contribution in [-0.4, -0.2) is 19.3 Å². The summed E-state index contributed by atoms with van der Waals surface area (Å²) in [7, 11) is 0. The van der Waals surface area contributed by atoms with Crippen LogP contribution in [0.15, 0.2) is 28.7 Å². The van der Waals surface area contributed by atoms with Gasteiger partial charge in [-0.05, 0) is 37.5 Å². The SMILES string of the molecule is CCOCCC(Cc1cccc(Br)c1)NN. The molecule has 16 heavy (non-hydrogen) atoms. The van der Waals surface area contributed by atoms with Crippen molar-refractivity contribution in [2.75, 3.05) is 13.2 Å². The van der Waals surface area contributed by atoms with Gasteiger partial charge in [0.1, 0.15) is 0 Å². The largest absolute Gasteiger partial charge is 0.382 e. The number of ether oxygens (including phenoxy) is 1. The third-order valence-electron chi connectivity index (χ3n) is 2.42. The van der Waals surface area contributed by atoms with E-state index in [0.29, 0.717) is 0 Å². The molecule has 0 heterocycles. The first-order valence-corrected chi connectivity index (χ1v) is 6.34. The molecule has 3 N–H and O–H groups in total. The van der Waals surface area contributed by atoms with Crippen LogP contribution in [0.5, 0.6) is 0 Å². The number of nitrogens with one attached hydrogen (secondary N) is 1. The molecule has 1 atom stereocenters. The second kappa shape index (κ2) is 7.79. The molecular formula is C12H19BrN2O. The van der Waals surface area contributed by atoms with Gasteiger partial charge in [0.15, 0.2) is 0 Å². The van der Waals surface area contributed by atoms with Gasteiger partial charge < -0.3 is 4.74 Å². The number of hydrazine groups is 1. The third-order valence-corrected chi connectivity index (χ3v) is 2.91. The second-order valence-electron chi connectivity index (χ2n) is 3.68. The Hall–Kier alpha value is -0.420. The quantitative estimate of drug-likeness (QED) is 0.459. The smallest absolute Gasteiger partial charge is 0.0481 e. The normalized spacial score (nSPS) is 12.7. The van der Waals surface area contributed by atoms with Gasteiger partial charge in [-0.2, -0.15) is 0 Å². The van der Waals surface area contributed by atoms with Crippen LogP contribution in [0.25, 0.3) is 0 Å². The average Bonchev–Trinajstić information content (AvgIpc) is 2.28. The fourth-order valence-corrected chi connectivity index (χ4v) is 2.01. The van der Waals surface area contributed by atoms with Crippen molar-refractivity contribution in [1.82, 2.24) is 5.43 Å². The highest BCUT2D eigenvalue weighted by Gasteiger charge is 2.07. The lowest BCUT2D eigenvalue weighted by Gasteiger charge is -2.15. The number of halogens is 1. The molecule has 3 nitrogen and oxygen atoms in total. The van der Waals surface area contributed by atoms with E-state index in [-0.39, 0.29) is 6.04 Å². The first-order valence-electron chi connectivity index (χ1n) is 5.54. The highest BCUT2D eigenvalue weighted by Crippen LogP contribution is 2.13. The fraction of sp³-hybridized carbons (Fsp3) is 0.500. The molecule has 0 saturated carbocycles. The molecule has 0 amide bonds.